The van der Waals surface area contributed by atoms with E-state index in [-0.39, 0.29) is 18.1 Å². The van der Waals surface area contributed by atoms with Crippen LogP contribution in [0.25, 0.3) is 0 Å². The summed E-state index contributed by atoms with van der Waals surface area (Å²) >= 11 is 0. The van der Waals surface area contributed by atoms with Crippen molar-refractivity contribution < 1.29 is 45.5 Å². The molecule has 188 valence electrons. The number of carbonyl (C=O) groups is 1. The lowest BCUT2D eigenvalue weighted by molar-refractivity contribution is -0.274. The summed E-state index contributed by atoms with van der Waals surface area (Å²) in [6, 6.07) is 9.69. The monoisotopic (exact) mass is 504 g/mol. The fourth-order valence-electron chi connectivity index (χ4n) is 3.29. The van der Waals surface area contributed by atoms with Crippen molar-refractivity contribution in [2.24, 2.45) is 0 Å². The standard InChI is InChI=1S/C19H17F3N4O2.C2HF3O2/c20-19(21,22)27-16-3-1-2-13(10-16)11-17-24-18(28-25-17)14-6-9-26(12-14)15-4-7-23-8-5-15;3-2(4,5)1(6)7/h1-5,7-8,10,14H,6,9,11-12H2;(H,6,7). The minimum Gasteiger partial charge on any atom is -0.475 e. The minimum absolute atomic E-state index is 0.120. The summed E-state index contributed by atoms with van der Waals surface area (Å²) in [7, 11) is 0. The van der Waals surface area contributed by atoms with Crippen LogP contribution in [0, 0.1) is 0 Å². The molecule has 1 aliphatic rings. The van der Waals surface area contributed by atoms with Gasteiger partial charge in [0.1, 0.15) is 5.75 Å². The van der Waals surface area contributed by atoms with Crippen LogP contribution in [0.4, 0.5) is 32.0 Å². The van der Waals surface area contributed by atoms with Gasteiger partial charge in [0, 0.05) is 37.6 Å². The zero-order chi connectivity index (χ0) is 25.6. The fourth-order valence-corrected chi connectivity index (χ4v) is 3.29. The fraction of sp³-hybridized carbons (Fsp3) is 0.333. The zero-order valence-electron chi connectivity index (χ0n) is 17.8. The number of ether oxygens (including phenoxy) is 1. The number of pyridine rings is 1. The highest BCUT2D eigenvalue weighted by molar-refractivity contribution is 5.73. The summed E-state index contributed by atoms with van der Waals surface area (Å²) in [5.41, 5.74) is 1.71. The number of rotatable bonds is 5. The third kappa shape index (κ3) is 7.86. The number of anilines is 1. The predicted octanol–water partition coefficient (Wildman–Crippen LogP) is 4.58. The van der Waals surface area contributed by atoms with Gasteiger partial charge in [-0.1, -0.05) is 17.3 Å². The molecule has 0 radical (unpaired) electrons. The van der Waals surface area contributed by atoms with Gasteiger partial charge in [0.25, 0.3) is 0 Å². The van der Waals surface area contributed by atoms with Crippen molar-refractivity contribution in [1.29, 1.82) is 0 Å². The summed E-state index contributed by atoms with van der Waals surface area (Å²) < 4.78 is 78.2. The molecule has 3 aromatic rings. The maximum atomic E-state index is 12.4. The van der Waals surface area contributed by atoms with Gasteiger partial charge in [-0.3, -0.25) is 4.98 Å². The van der Waals surface area contributed by atoms with Gasteiger partial charge in [0.05, 0.1) is 5.92 Å². The number of nitrogens with zero attached hydrogens (tertiary/aromatic N) is 4. The summed E-state index contributed by atoms with van der Waals surface area (Å²) in [5.74, 6) is -1.92. The van der Waals surface area contributed by atoms with Gasteiger partial charge in [0.15, 0.2) is 5.82 Å². The maximum Gasteiger partial charge on any atom is 0.573 e. The molecule has 1 aromatic carbocycles. The van der Waals surface area contributed by atoms with E-state index in [0.717, 1.165) is 25.2 Å². The third-order valence-electron chi connectivity index (χ3n) is 4.79. The lowest BCUT2D eigenvalue weighted by atomic mass is 10.1. The number of halogens is 6. The van der Waals surface area contributed by atoms with Gasteiger partial charge in [-0.05, 0) is 36.2 Å². The van der Waals surface area contributed by atoms with Gasteiger partial charge in [-0.25, -0.2) is 4.79 Å². The van der Waals surface area contributed by atoms with Crippen LogP contribution >= 0.6 is 0 Å². The van der Waals surface area contributed by atoms with Crippen LogP contribution in [0.15, 0.2) is 53.3 Å². The van der Waals surface area contributed by atoms with Gasteiger partial charge in [0.2, 0.25) is 5.89 Å². The number of hydrogen-bond donors (Lipinski definition) is 1. The van der Waals surface area contributed by atoms with E-state index >= 15 is 0 Å². The molecule has 3 heterocycles. The Hall–Kier alpha value is -3.84. The Morgan fingerprint density at radius 2 is 1.83 bits per heavy atom. The first-order valence-electron chi connectivity index (χ1n) is 10.0. The minimum atomic E-state index is -5.08. The molecule has 1 N–H and O–H groups in total. The molecule has 0 aliphatic carbocycles. The van der Waals surface area contributed by atoms with Crippen LogP contribution in [0.3, 0.4) is 0 Å². The number of aromatic nitrogens is 3. The van der Waals surface area contributed by atoms with Gasteiger partial charge < -0.3 is 19.3 Å². The molecule has 0 bridgehead atoms. The molecule has 1 saturated heterocycles. The first-order valence-corrected chi connectivity index (χ1v) is 10.0. The number of carboxylic acids is 1. The Kier molecular flexibility index (Phi) is 7.82. The van der Waals surface area contributed by atoms with Crippen LogP contribution in [-0.2, 0) is 11.2 Å². The second-order valence-electron chi connectivity index (χ2n) is 7.36. The SMILES string of the molecule is FC(F)(F)Oc1cccc(Cc2noc(C3CCN(c4ccncc4)C3)n2)c1.O=C(O)C(F)(F)F. The van der Waals surface area contributed by atoms with Gasteiger partial charge in [-0.2, -0.15) is 18.2 Å². The molecule has 1 fully saturated rings. The summed E-state index contributed by atoms with van der Waals surface area (Å²) in [4.78, 5) is 19.6. The molecule has 0 saturated carbocycles. The average molecular weight is 504 g/mol. The molecule has 2 aromatic heterocycles. The molecular weight excluding hydrogens is 486 g/mol. The molecule has 1 atom stereocenters. The first-order chi connectivity index (χ1) is 16.4. The predicted molar refractivity (Wildman–Crippen MR) is 108 cm³/mol. The highest BCUT2D eigenvalue weighted by Crippen LogP contribution is 2.30. The molecule has 0 amide bonds. The Labute approximate surface area is 194 Å². The number of hydrogen-bond acceptors (Lipinski definition) is 7. The summed E-state index contributed by atoms with van der Waals surface area (Å²) in [5, 5.41) is 11.1. The molecule has 35 heavy (non-hydrogen) atoms. The van der Waals surface area contributed by atoms with E-state index in [0.29, 0.717) is 17.3 Å². The second kappa shape index (κ2) is 10.6. The van der Waals surface area contributed by atoms with Crippen LogP contribution in [0.1, 0.15) is 29.6 Å². The Balaban J connectivity index is 0.000000429. The number of carboxylic acid groups (broad SMARTS) is 1. The normalized spacial score (nSPS) is 15.9. The molecular formula is C21H18F6N4O4. The van der Waals surface area contributed by atoms with Crippen LogP contribution < -0.4 is 9.64 Å². The largest absolute Gasteiger partial charge is 0.573 e. The van der Waals surface area contributed by atoms with Crippen molar-refractivity contribution >= 4 is 11.7 Å². The van der Waals surface area contributed by atoms with E-state index < -0.39 is 18.5 Å². The molecule has 4 rings (SSSR count). The smallest absolute Gasteiger partial charge is 0.475 e. The lowest BCUT2D eigenvalue weighted by Gasteiger charge is -2.17. The van der Waals surface area contributed by atoms with Crippen molar-refractivity contribution in [3.05, 3.63) is 66.1 Å². The van der Waals surface area contributed by atoms with Gasteiger partial charge >= 0.3 is 18.5 Å². The Bertz CT molecular complexity index is 1120. The van der Waals surface area contributed by atoms with E-state index in [1.54, 1.807) is 18.5 Å². The topological polar surface area (TPSA) is 102 Å². The molecule has 1 unspecified atom stereocenters. The second-order valence-corrected chi connectivity index (χ2v) is 7.36. The summed E-state index contributed by atoms with van der Waals surface area (Å²) in [6.45, 7) is 1.64. The van der Waals surface area contributed by atoms with Crippen molar-refractivity contribution in [2.45, 2.75) is 31.3 Å². The first kappa shape index (κ1) is 25.8. The van der Waals surface area contributed by atoms with Crippen LogP contribution in [0.2, 0.25) is 0 Å². The molecule has 1 aliphatic heterocycles. The van der Waals surface area contributed by atoms with E-state index in [4.69, 9.17) is 14.4 Å². The molecule has 14 heteroatoms. The average Bonchev–Trinajstić information content (AvgIpc) is 3.43. The van der Waals surface area contributed by atoms with E-state index in [2.05, 4.69) is 24.8 Å². The maximum absolute atomic E-state index is 12.4. The van der Waals surface area contributed by atoms with E-state index in [9.17, 15) is 26.3 Å². The van der Waals surface area contributed by atoms with Crippen molar-refractivity contribution in [2.75, 3.05) is 18.0 Å². The van der Waals surface area contributed by atoms with E-state index in [1.807, 2.05) is 12.1 Å². The quantitative estimate of drug-likeness (QED) is 0.504. The number of benzene rings is 1. The Morgan fingerprint density at radius 1 is 1.14 bits per heavy atom. The highest BCUT2D eigenvalue weighted by Gasteiger charge is 2.38. The zero-order valence-corrected chi connectivity index (χ0v) is 17.8. The third-order valence-corrected chi connectivity index (χ3v) is 4.79. The number of aliphatic carboxylic acids is 1. The molecule has 8 nitrogen and oxygen atoms in total. The molecule has 0 spiro atoms. The van der Waals surface area contributed by atoms with Crippen molar-refractivity contribution in [3.63, 3.8) is 0 Å². The van der Waals surface area contributed by atoms with Gasteiger partial charge in [-0.15, -0.1) is 13.2 Å². The van der Waals surface area contributed by atoms with E-state index in [1.165, 1.54) is 18.2 Å². The highest BCUT2D eigenvalue weighted by atomic mass is 19.4. The lowest BCUT2D eigenvalue weighted by Crippen LogP contribution is -2.21. The van der Waals surface area contributed by atoms with Crippen molar-refractivity contribution in [3.8, 4) is 5.75 Å². The number of alkyl halides is 6. The van der Waals surface area contributed by atoms with Crippen LogP contribution in [-0.4, -0.2) is 51.8 Å². The van der Waals surface area contributed by atoms with Crippen molar-refractivity contribution in [1.82, 2.24) is 15.1 Å². The van der Waals surface area contributed by atoms with Crippen LogP contribution in [0.5, 0.6) is 5.75 Å². The summed E-state index contributed by atoms with van der Waals surface area (Å²) in [6.07, 6.45) is -5.15. The Morgan fingerprint density at radius 3 is 2.46 bits per heavy atom.